The molecule has 3 aromatic rings. The Morgan fingerprint density at radius 3 is 1.92 bits per heavy atom. The molecule has 0 aliphatic rings. The van der Waals surface area contributed by atoms with Gasteiger partial charge >= 0.3 is 12.3 Å². The van der Waals surface area contributed by atoms with E-state index in [-0.39, 0.29) is 12.4 Å². The predicted octanol–water partition coefficient (Wildman–Crippen LogP) is 4.36. The van der Waals surface area contributed by atoms with Gasteiger partial charge in [-0.15, -0.1) is 13.2 Å². The summed E-state index contributed by atoms with van der Waals surface area (Å²) in [6.07, 6.45) is -1.18. The Morgan fingerprint density at radius 2 is 1.42 bits per heavy atom. The van der Waals surface area contributed by atoms with Crippen LogP contribution in [0.3, 0.4) is 0 Å². The minimum absolute atomic E-state index is 0.200. The van der Waals surface area contributed by atoms with Gasteiger partial charge in [-0.05, 0) is 55.7 Å². The van der Waals surface area contributed by atoms with Crippen LogP contribution in [0.4, 0.5) is 19.1 Å². The summed E-state index contributed by atoms with van der Waals surface area (Å²) in [5, 5.41) is 18.5. The van der Waals surface area contributed by atoms with E-state index in [0.717, 1.165) is 11.1 Å². The van der Waals surface area contributed by atoms with Crippen molar-refractivity contribution in [2.24, 2.45) is 0 Å². The minimum atomic E-state index is -4.76. The number of alkyl halides is 3. The van der Waals surface area contributed by atoms with Crippen LogP contribution in [0.1, 0.15) is 30.5 Å². The Morgan fingerprint density at radius 1 is 0.889 bits per heavy atom. The van der Waals surface area contributed by atoms with Crippen molar-refractivity contribution in [2.75, 3.05) is 11.4 Å². The summed E-state index contributed by atoms with van der Waals surface area (Å²) in [5.74, 6) is -0.569. The molecule has 0 amide bonds. The SMILES string of the molecule is CC(C)(Oc1ccc(CCN(Cc2ccc(OC(F)(F)F)cc2)c2ncc(CO)cn2)cc1)C(=O)O. The molecule has 1 aromatic heterocycles. The first kappa shape index (κ1) is 26.7. The molecule has 0 fully saturated rings. The second kappa shape index (κ2) is 11.3. The van der Waals surface area contributed by atoms with E-state index < -0.39 is 17.9 Å². The molecule has 0 unspecified atom stereocenters. The fraction of sp³-hybridized carbons (Fsp3) is 0.320. The maximum atomic E-state index is 12.4. The fourth-order valence-corrected chi connectivity index (χ4v) is 3.19. The van der Waals surface area contributed by atoms with Gasteiger partial charge in [-0.25, -0.2) is 14.8 Å². The van der Waals surface area contributed by atoms with Crippen LogP contribution in [0.2, 0.25) is 0 Å². The third kappa shape index (κ3) is 7.84. The number of anilines is 1. The Kier molecular flexibility index (Phi) is 8.36. The van der Waals surface area contributed by atoms with Crippen molar-refractivity contribution in [1.29, 1.82) is 0 Å². The maximum absolute atomic E-state index is 12.4. The number of hydrogen-bond acceptors (Lipinski definition) is 7. The van der Waals surface area contributed by atoms with Crippen molar-refractivity contribution in [1.82, 2.24) is 9.97 Å². The second-order valence-corrected chi connectivity index (χ2v) is 8.47. The molecule has 2 aromatic carbocycles. The number of carboxylic acid groups (broad SMARTS) is 1. The maximum Gasteiger partial charge on any atom is 0.573 e. The number of aliphatic carboxylic acids is 1. The Bertz CT molecular complexity index is 1140. The van der Waals surface area contributed by atoms with Gasteiger partial charge in [0, 0.05) is 31.0 Å². The van der Waals surface area contributed by atoms with Gasteiger partial charge < -0.3 is 24.6 Å². The monoisotopic (exact) mass is 505 g/mol. The Hall–Kier alpha value is -3.86. The number of ether oxygens (including phenoxy) is 2. The molecule has 2 N–H and O–H groups in total. The molecule has 0 radical (unpaired) electrons. The number of carbonyl (C=O) groups is 1. The van der Waals surface area contributed by atoms with Crippen molar-refractivity contribution in [3.05, 3.63) is 77.6 Å². The first-order valence-electron chi connectivity index (χ1n) is 11.0. The van der Waals surface area contributed by atoms with Gasteiger partial charge in [-0.3, -0.25) is 0 Å². The van der Waals surface area contributed by atoms with Gasteiger partial charge in [-0.1, -0.05) is 24.3 Å². The van der Waals surface area contributed by atoms with Crippen LogP contribution in [0.5, 0.6) is 11.5 Å². The third-order valence-electron chi connectivity index (χ3n) is 5.17. The quantitative estimate of drug-likeness (QED) is 0.396. The fourth-order valence-electron chi connectivity index (χ4n) is 3.19. The van der Waals surface area contributed by atoms with Gasteiger partial charge in [-0.2, -0.15) is 0 Å². The summed E-state index contributed by atoms with van der Waals surface area (Å²) in [6, 6.07) is 12.6. The molecule has 0 bridgehead atoms. The van der Waals surface area contributed by atoms with E-state index in [2.05, 4.69) is 14.7 Å². The van der Waals surface area contributed by atoms with Gasteiger partial charge in [0.1, 0.15) is 11.5 Å². The summed E-state index contributed by atoms with van der Waals surface area (Å²) in [4.78, 5) is 21.7. The highest BCUT2D eigenvalue weighted by Crippen LogP contribution is 2.24. The lowest BCUT2D eigenvalue weighted by atomic mass is 10.1. The number of carboxylic acids is 1. The average molecular weight is 505 g/mol. The number of rotatable bonds is 11. The van der Waals surface area contributed by atoms with Crippen LogP contribution in [-0.2, 0) is 24.4 Å². The average Bonchev–Trinajstić information content (AvgIpc) is 2.82. The zero-order chi connectivity index (χ0) is 26.3. The number of halogens is 3. The van der Waals surface area contributed by atoms with Crippen LogP contribution in [-0.4, -0.2) is 44.7 Å². The van der Waals surface area contributed by atoms with Crippen LogP contribution in [0.25, 0.3) is 0 Å². The van der Waals surface area contributed by atoms with E-state index in [1.807, 2.05) is 17.0 Å². The first-order chi connectivity index (χ1) is 16.9. The molecule has 0 atom stereocenters. The van der Waals surface area contributed by atoms with Crippen molar-refractivity contribution in [2.45, 2.75) is 45.4 Å². The van der Waals surface area contributed by atoms with Gasteiger partial charge in [0.15, 0.2) is 5.60 Å². The molecule has 8 nitrogen and oxygen atoms in total. The van der Waals surface area contributed by atoms with Crippen LogP contribution in [0.15, 0.2) is 60.9 Å². The van der Waals surface area contributed by atoms with Crippen molar-refractivity contribution in [3.63, 3.8) is 0 Å². The zero-order valence-corrected chi connectivity index (χ0v) is 19.7. The molecular weight excluding hydrogens is 479 g/mol. The third-order valence-corrected chi connectivity index (χ3v) is 5.17. The minimum Gasteiger partial charge on any atom is -0.478 e. The zero-order valence-electron chi connectivity index (χ0n) is 19.7. The standard InChI is InChI=1S/C25H26F3N3O5/c1-24(2,22(33)34)35-20-7-3-17(4-8-20)11-12-31(23-29-13-19(16-32)14-30-23)15-18-5-9-21(10-6-18)36-25(26,27)28/h3-10,13-14,32H,11-12,15-16H2,1-2H3,(H,33,34). The summed E-state index contributed by atoms with van der Waals surface area (Å²) in [5.41, 5.74) is 0.851. The van der Waals surface area contributed by atoms with E-state index in [1.54, 1.807) is 12.1 Å². The van der Waals surface area contributed by atoms with E-state index >= 15 is 0 Å². The number of aliphatic hydroxyl groups is 1. The van der Waals surface area contributed by atoms with E-state index in [0.29, 0.717) is 36.8 Å². The molecule has 1 heterocycles. The van der Waals surface area contributed by atoms with Gasteiger partial charge in [0.2, 0.25) is 5.95 Å². The molecule has 0 saturated carbocycles. The second-order valence-electron chi connectivity index (χ2n) is 8.47. The number of aliphatic hydroxyl groups excluding tert-OH is 1. The Labute approximate surface area is 206 Å². The van der Waals surface area contributed by atoms with E-state index in [4.69, 9.17) is 4.74 Å². The number of hydrogen-bond donors (Lipinski definition) is 2. The first-order valence-corrected chi connectivity index (χ1v) is 11.0. The van der Waals surface area contributed by atoms with Crippen LogP contribution < -0.4 is 14.4 Å². The topological polar surface area (TPSA) is 105 Å². The lowest BCUT2D eigenvalue weighted by Crippen LogP contribution is -2.37. The lowest BCUT2D eigenvalue weighted by molar-refractivity contribution is -0.274. The van der Waals surface area contributed by atoms with Crippen molar-refractivity contribution < 1.29 is 37.7 Å². The molecule has 0 spiro atoms. The van der Waals surface area contributed by atoms with Crippen molar-refractivity contribution in [3.8, 4) is 11.5 Å². The molecule has 11 heteroatoms. The summed E-state index contributed by atoms with van der Waals surface area (Å²) in [7, 11) is 0. The van der Waals surface area contributed by atoms with Gasteiger partial charge in [0.05, 0.1) is 6.61 Å². The molecule has 0 aliphatic heterocycles. The van der Waals surface area contributed by atoms with E-state index in [1.165, 1.54) is 50.5 Å². The highest BCUT2D eigenvalue weighted by Gasteiger charge is 2.31. The number of aromatic nitrogens is 2. The summed E-state index contributed by atoms with van der Waals surface area (Å²) in [6.45, 7) is 3.52. The highest BCUT2D eigenvalue weighted by molar-refractivity contribution is 5.76. The summed E-state index contributed by atoms with van der Waals surface area (Å²) < 4.78 is 46.8. The Balaban J connectivity index is 1.72. The summed E-state index contributed by atoms with van der Waals surface area (Å²) >= 11 is 0. The predicted molar refractivity (Wildman–Crippen MR) is 125 cm³/mol. The number of nitrogens with zero attached hydrogens (tertiary/aromatic N) is 3. The highest BCUT2D eigenvalue weighted by atomic mass is 19.4. The molecule has 0 saturated heterocycles. The normalized spacial score (nSPS) is 11.7. The molecule has 192 valence electrons. The molecule has 36 heavy (non-hydrogen) atoms. The molecular formula is C25H26F3N3O5. The molecule has 3 rings (SSSR count). The van der Waals surface area contributed by atoms with Gasteiger partial charge in [0.25, 0.3) is 0 Å². The smallest absolute Gasteiger partial charge is 0.478 e. The number of benzene rings is 2. The van der Waals surface area contributed by atoms with Crippen molar-refractivity contribution >= 4 is 11.9 Å². The molecule has 0 aliphatic carbocycles. The lowest BCUT2D eigenvalue weighted by Gasteiger charge is -2.23. The van der Waals surface area contributed by atoms with E-state index in [9.17, 15) is 28.2 Å². The van der Waals surface area contributed by atoms with Crippen LogP contribution >= 0.6 is 0 Å². The van der Waals surface area contributed by atoms with Crippen LogP contribution in [0, 0.1) is 0 Å². The largest absolute Gasteiger partial charge is 0.573 e.